The molecule has 0 radical (unpaired) electrons. The molecule has 1 amide bonds. The number of anilines is 1. The largest absolute Gasteiger partial charge is 0.356 e. The monoisotopic (exact) mass is 281 g/mol. The van der Waals surface area contributed by atoms with E-state index in [2.05, 4.69) is 10.5 Å². The molecule has 1 heterocycles. The Hall–Kier alpha value is -2.41. The van der Waals surface area contributed by atoms with Crippen molar-refractivity contribution in [3.8, 4) is 0 Å². The number of nitro groups is 1. The zero-order chi connectivity index (χ0) is 14.0. The van der Waals surface area contributed by atoms with Gasteiger partial charge in [0.2, 0.25) is 0 Å². The molecule has 0 aliphatic rings. The summed E-state index contributed by atoms with van der Waals surface area (Å²) in [6, 6.07) is 6.17. The van der Waals surface area contributed by atoms with Gasteiger partial charge in [-0.2, -0.15) is 0 Å². The highest BCUT2D eigenvalue weighted by molar-refractivity contribution is 6.31. The van der Waals surface area contributed by atoms with Crippen molar-refractivity contribution in [1.29, 1.82) is 0 Å². The first-order valence-corrected chi connectivity index (χ1v) is 5.54. The van der Waals surface area contributed by atoms with Crippen LogP contribution in [-0.2, 0) is 0 Å². The lowest BCUT2D eigenvalue weighted by molar-refractivity contribution is -0.384. The molecule has 8 heteroatoms. The molecule has 0 atom stereocenters. The van der Waals surface area contributed by atoms with E-state index in [-0.39, 0.29) is 22.8 Å². The molecule has 19 heavy (non-hydrogen) atoms. The van der Waals surface area contributed by atoms with Crippen LogP contribution in [0.25, 0.3) is 0 Å². The molecule has 1 aromatic heterocycles. The molecule has 0 spiro atoms. The van der Waals surface area contributed by atoms with E-state index in [9.17, 15) is 14.9 Å². The number of halogens is 1. The fourth-order valence-corrected chi connectivity index (χ4v) is 1.66. The summed E-state index contributed by atoms with van der Waals surface area (Å²) in [6.07, 6.45) is 0. The number of rotatable bonds is 3. The van der Waals surface area contributed by atoms with E-state index in [1.54, 1.807) is 12.1 Å². The van der Waals surface area contributed by atoms with Crippen LogP contribution in [-0.4, -0.2) is 16.0 Å². The van der Waals surface area contributed by atoms with Crippen molar-refractivity contribution in [1.82, 2.24) is 5.16 Å². The van der Waals surface area contributed by atoms with Crippen molar-refractivity contribution in [2.45, 2.75) is 6.92 Å². The van der Waals surface area contributed by atoms with Gasteiger partial charge in [0.15, 0.2) is 5.69 Å². The normalized spacial score (nSPS) is 10.2. The summed E-state index contributed by atoms with van der Waals surface area (Å²) in [5.74, 6) is -0.866. The maximum Gasteiger partial charge on any atom is 0.356 e. The van der Waals surface area contributed by atoms with Crippen LogP contribution in [0.2, 0.25) is 5.02 Å². The molecule has 0 fully saturated rings. The van der Waals surface area contributed by atoms with Gasteiger partial charge >= 0.3 is 11.6 Å². The van der Waals surface area contributed by atoms with Crippen LogP contribution in [0.15, 0.2) is 28.8 Å². The van der Waals surface area contributed by atoms with Crippen molar-refractivity contribution < 1.29 is 14.2 Å². The molecule has 0 aliphatic carbocycles. The van der Waals surface area contributed by atoms with Gasteiger partial charge in [-0.3, -0.25) is 20.2 Å². The maximum atomic E-state index is 11.9. The maximum absolute atomic E-state index is 11.9. The minimum absolute atomic E-state index is 0.0893. The second-order valence-corrected chi connectivity index (χ2v) is 4.10. The van der Waals surface area contributed by atoms with Crippen molar-refractivity contribution >= 4 is 29.1 Å². The Kier molecular flexibility index (Phi) is 3.48. The van der Waals surface area contributed by atoms with Gasteiger partial charge in [0.1, 0.15) is 0 Å². The van der Waals surface area contributed by atoms with Crippen molar-refractivity contribution in [2.75, 3.05) is 5.32 Å². The topological polar surface area (TPSA) is 98.3 Å². The van der Waals surface area contributed by atoms with Gasteiger partial charge in [-0.1, -0.05) is 22.8 Å². The summed E-state index contributed by atoms with van der Waals surface area (Å²) in [5, 5.41) is 16.9. The highest BCUT2D eigenvalue weighted by Gasteiger charge is 2.26. The van der Waals surface area contributed by atoms with Gasteiger partial charge < -0.3 is 4.52 Å². The Morgan fingerprint density at radius 2 is 2.26 bits per heavy atom. The van der Waals surface area contributed by atoms with Gasteiger partial charge in [-0.15, -0.1) is 0 Å². The molecule has 0 saturated carbocycles. The van der Waals surface area contributed by atoms with E-state index in [1.165, 1.54) is 19.1 Å². The van der Waals surface area contributed by atoms with Gasteiger partial charge in [0.25, 0.3) is 5.91 Å². The van der Waals surface area contributed by atoms with Gasteiger partial charge in [0.05, 0.1) is 4.92 Å². The van der Waals surface area contributed by atoms with Crippen LogP contribution in [0, 0.1) is 17.0 Å². The minimum atomic E-state index is -0.667. The first kappa shape index (κ1) is 13.0. The van der Waals surface area contributed by atoms with E-state index in [0.717, 1.165) is 0 Å². The number of nitrogens with zero attached hydrogens (tertiary/aromatic N) is 2. The summed E-state index contributed by atoms with van der Waals surface area (Å²) in [7, 11) is 0. The van der Waals surface area contributed by atoms with E-state index >= 15 is 0 Å². The molecule has 0 saturated heterocycles. The summed E-state index contributed by atoms with van der Waals surface area (Å²) < 4.78 is 4.72. The molecule has 0 aliphatic heterocycles. The van der Waals surface area contributed by atoms with Crippen molar-refractivity contribution in [3.63, 3.8) is 0 Å². The quantitative estimate of drug-likeness (QED) is 0.689. The molecule has 1 aromatic carbocycles. The third kappa shape index (κ3) is 2.71. The molecular formula is C11H8ClN3O4. The molecule has 98 valence electrons. The van der Waals surface area contributed by atoms with Crippen LogP contribution in [0.3, 0.4) is 0 Å². The molecule has 7 nitrogen and oxygen atoms in total. The van der Waals surface area contributed by atoms with Crippen LogP contribution >= 0.6 is 11.6 Å². The summed E-state index contributed by atoms with van der Waals surface area (Å²) in [5.41, 5.74) is -0.0161. The number of aromatic nitrogens is 1. The predicted octanol–water partition coefficient (Wildman–Crippen LogP) is 2.80. The zero-order valence-corrected chi connectivity index (χ0v) is 10.5. The van der Waals surface area contributed by atoms with Crippen LogP contribution < -0.4 is 5.32 Å². The molecule has 0 unspecified atom stereocenters. The molecule has 2 rings (SSSR count). The fourth-order valence-electron chi connectivity index (χ4n) is 1.47. The Labute approximate surface area is 112 Å². The molecule has 1 N–H and O–H groups in total. The second kappa shape index (κ2) is 5.07. The van der Waals surface area contributed by atoms with Crippen LogP contribution in [0.4, 0.5) is 11.6 Å². The van der Waals surface area contributed by atoms with Crippen molar-refractivity contribution in [3.05, 3.63) is 50.7 Å². The van der Waals surface area contributed by atoms with Gasteiger partial charge in [0, 0.05) is 10.6 Å². The van der Waals surface area contributed by atoms with Gasteiger partial charge in [-0.05, 0) is 25.1 Å². The summed E-state index contributed by atoms with van der Waals surface area (Å²) in [4.78, 5) is 22.0. The van der Waals surface area contributed by atoms with Gasteiger partial charge in [-0.25, -0.2) is 0 Å². The number of amides is 1. The lowest BCUT2D eigenvalue weighted by atomic mass is 10.2. The lowest BCUT2D eigenvalue weighted by Gasteiger charge is -2.01. The first-order valence-electron chi connectivity index (χ1n) is 5.16. The highest BCUT2D eigenvalue weighted by Crippen LogP contribution is 2.28. The average molecular weight is 282 g/mol. The molecular weight excluding hydrogens is 274 g/mol. The third-order valence-corrected chi connectivity index (χ3v) is 2.56. The third-order valence-electron chi connectivity index (χ3n) is 2.33. The fraction of sp³-hybridized carbons (Fsp3) is 0.0909. The predicted molar refractivity (Wildman–Crippen MR) is 67.3 cm³/mol. The number of hydrogen-bond acceptors (Lipinski definition) is 5. The average Bonchev–Trinajstić information content (AvgIpc) is 2.70. The van der Waals surface area contributed by atoms with E-state index in [0.29, 0.717) is 5.02 Å². The van der Waals surface area contributed by atoms with Crippen LogP contribution in [0.1, 0.15) is 16.1 Å². The number of nitrogens with one attached hydrogen (secondary N) is 1. The Morgan fingerprint density at radius 1 is 1.53 bits per heavy atom. The molecule has 2 aromatic rings. The van der Waals surface area contributed by atoms with Crippen molar-refractivity contribution in [2.24, 2.45) is 0 Å². The second-order valence-electron chi connectivity index (χ2n) is 3.67. The minimum Gasteiger partial charge on any atom is -0.330 e. The highest BCUT2D eigenvalue weighted by atomic mass is 35.5. The van der Waals surface area contributed by atoms with E-state index < -0.39 is 10.8 Å². The summed E-state index contributed by atoms with van der Waals surface area (Å²) in [6.45, 7) is 1.41. The zero-order valence-electron chi connectivity index (χ0n) is 9.71. The number of carbonyl (C=O) groups is 1. The summed E-state index contributed by atoms with van der Waals surface area (Å²) >= 11 is 5.75. The first-order chi connectivity index (χ1) is 8.99. The standard InChI is InChI=1S/C11H8ClN3O4/c1-6-9(15(17)18)11(19-14-6)13-10(16)7-3-2-4-8(12)5-7/h2-5H,1H3,(H,13,16). The number of aryl methyl sites for hydroxylation is 1. The lowest BCUT2D eigenvalue weighted by Crippen LogP contribution is -2.12. The SMILES string of the molecule is Cc1noc(NC(=O)c2cccc(Cl)c2)c1[N+](=O)[O-]. The molecule has 0 bridgehead atoms. The Morgan fingerprint density at radius 3 is 2.89 bits per heavy atom. The smallest absolute Gasteiger partial charge is 0.330 e. The number of hydrogen-bond donors (Lipinski definition) is 1. The van der Waals surface area contributed by atoms with E-state index in [4.69, 9.17) is 16.1 Å². The van der Waals surface area contributed by atoms with Crippen LogP contribution in [0.5, 0.6) is 0 Å². The number of benzene rings is 1. The number of carbonyl (C=O) groups excluding carboxylic acids is 1. The van der Waals surface area contributed by atoms with E-state index in [1.807, 2.05) is 0 Å². The Bertz CT molecular complexity index is 653. The Balaban J connectivity index is 2.27.